The van der Waals surface area contributed by atoms with Crippen molar-refractivity contribution >= 4 is 23.3 Å². The van der Waals surface area contributed by atoms with Gasteiger partial charge in [0.15, 0.2) is 6.04 Å². The maximum Gasteiger partial charge on any atom is 0.390 e. The van der Waals surface area contributed by atoms with E-state index in [0.29, 0.717) is 30.2 Å². The minimum absolute atomic E-state index is 0.244. The first kappa shape index (κ1) is 16.9. The first-order valence-corrected chi connectivity index (χ1v) is 7.46. The molecule has 0 fully saturated rings. The second kappa shape index (κ2) is 7.23. The number of carbonyl (C=O) groups is 1. The summed E-state index contributed by atoms with van der Waals surface area (Å²) in [6.07, 6.45) is 3.65. The molecule has 1 N–H and O–H groups in total. The first-order valence-electron chi connectivity index (χ1n) is 7.08. The third-order valence-electron chi connectivity index (χ3n) is 3.32. The summed E-state index contributed by atoms with van der Waals surface area (Å²) in [5.74, 6) is -0.508. The van der Waals surface area contributed by atoms with Crippen LogP contribution in [0, 0.1) is 17.0 Å². The Kier molecular flexibility index (Phi) is 5.32. The van der Waals surface area contributed by atoms with Crippen LogP contribution in [-0.2, 0) is 11.3 Å². The molecule has 2 aromatic heterocycles. The van der Waals surface area contributed by atoms with Crippen molar-refractivity contribution in [3.8, 4) is 0 Å². The highest BCUT2D eigenvalue weighted by molar-refractivity contribution is 6.30. The lowest BCUT2D eigenvalue weighted by atomic mass is 10.2. The van der Waals surface area contributed by atoms with Crippen molar-refractivity contribution < 1.29 is 9.72 Å². The van der Waals surface area contributed by atoms with Gasteiger partial charge < -0.3 is 15.4 Å². The van der Waals surface area contributed by atoms with Crippen LogP contribution in [0.3, 0.4) is 0 Å². The second-order valence-electron chi connectivity index (χ2n) is 4.98. The molecule has 23 heavy (non-hydrogen) atoms. The summed E-state index contributed by atoms with van der Waals surface area (Å²) in [6, 6.07) is 0.756. The quantitative estimate of drug-likeness (QED) is 0.609. The predicted molar refractivity (Wildman–Crippen MR) is 83.2 cm³/mol. The van der Waals surface area contributed by atoms with E-state index in [4.69, 9.17) is 11.6 Å². The van der Waals surface area contributed by atoms with E-state index in [1.54, 1.807) is 17.8 Å². The van der Waals surface area contributed by atoms with Crippen LogP contribution in [0.1, 0.15) is 25.1 Å². The Balaban J connectivity index is 1.99. The van der Waals surface area contributed by atoms with E-state index in [1.165, 1.54) is 16.9 Å². The number of carbonyl (C=O) groups excluding carboxylic acids is 1. The van der Waals surface area contributed by atoms with Crippen LogP contribution in [0.2, 0.25) is 5.02 Å². The largest absolute Gasteiger partial charge is 0.390 e. The van der Waals surface area contributed by atoms with Gasteiger partial charge in [0.2, 0.25) is 5.91 Å². The van der Waals surface area contributed by atoms with Crippen molar-refractivity contribution in [1.29, 1.82) is 0 Å². The maximum absolute atomic E-state index is 12.3. The zero-order valence-electron chi connectivity index (χ0n) is 12.8. The van der Waals surface area contributed by atoms with Crippen molar-refractivity contribution in [2.45, 2.75) is 32.9 Å². The number of aryl methyl sites for hydroxylation is 1. The molecule has 0 saturated heterocycles. The molecule has 124 valence electrons. The minimum Gasteiger partial charge on any atom is -0.358 e. The molecule has 2 rings (SSSR count). The van der Waals surface area contributed by atoms with E-state index < -0.39 is 11.0 Å². The molecule has 0 bridgehead atoms. The Morgan fingerprint density at radius 3 is 2.83 bits per heavy atom. The van der Waals surface area contributed by atoms with E-state index in [1.807, 2.05) is 6.92 Å². The molecular weight excluding hydrogens is 324 g/mol. The van der Waals surface area contributed by atoms with Crippen LogP contribution < -0.4 is 5.32 Å². The molecule has 1 unspecified atom stereocenters. The van der Waals surface area contributed by atoms with Gasteiger partial charge in [-0.2, -0.15) is 9.78 Å². The molecule has 10 heteroatoms. The molecule has 0 aliphatic rings. The third kappa shape index (κ3) is 4.07. The lowest BCUT2D eigenvalue weighted by Gasteiger charge is -2.14. The average Bonchev–Trinajstić information content (AvgIpc) is 3.07. The fourth-order valence-corrected chi connectivity index (χ4v) is 2.37. The second-order valence-corrected chi connectivity index (χ2v) is 5.42. The molecule has 0 aliphatic heterocycles. The molecule has 0 saturated carbocycles. The van der Waals surface area contributed by atoms with Crippen LogP contribution in [-0.4, -0.2) is 36.9 Å². The average molecular weight is 341 g/mol. The molecule has 0 spiro atoms. The minimum atomic E-state index is -0.593. The predicted octanol–water partition coefficient (Wildman–Crippen LogP) is 1.72. The van der Waals surface area contributed by atoms with E-state index in [0.717, 1.165) is 0 Å². The van der Waals surface area contributed by atoms with Crippen LogP contribution >= 0.6 is 11.6 Å². The van der Waals surface area contributed by atoms with Crippen molar-refractivity contribution in [1.82, 2.24) is 24.9 Å². The summed E-state index contributed by atoms with van der Waals surface area (Å²) < 4.78 is 3.01. The molecule has 2 aromatic rings. The van der Waals surface area contributed by atoms with Crippen LogP contribution in [0.25, 0.3) is 0 Å². The summed E-state index contributed by atoms with van der Waals surface area (Å²) in [6.45, 7) is 4.36. The van der Waals surface area contributed by atoms with Crippen molar-refractivity contribution in [2.24, 2.45) is 0 Å². The van der Waals surface area contributed by atoms with Crippen molar-refractivity contribution in [3.63, 3.8) is 0 Å². The Bertz CT molecular complexity index is 710. The summed E-state index contributed by atoms with van der Waals surface area (Å²) >= 11 is 5.76. The number of rotatable bonds is 7. The lowest BCUT2D eigenvalue weighted by Crippen LogP contribution is -2.35. The zero-order chi connectivity index (χ0) is 17.0. The summed E-state index contributed by atoms with van der Waals surface area (Å²) in [5.41, 5.74) is 0.567. The van der Waals surface area contributed by atoms with Gasteiger partial charge in [-0.15, -0.1) is 0 Å². The number of amides is 1. The topological polar surface area (TPSA) is 108 Å². The van der Waals surface area contributed by atoms with Crippen LogP contribution in [0.4, 0.5) is 5.82 Å². The summed E-state index contributed by atoms with van der Waals surface area (Å²) in [5, 5.41) is 22.0. The number of nitrogens with one attached hydrogen (secondary N) is 1. The van der Waals surface area contributed by atoms with Crippen molar-refractivity contribution in [3.05, 3.63) is 39.3 Å². The van der Waals surface area contributed by atoms with Crippen molar-refractivity contribution in [2.75, 3.05) is 6.54 Å². The number of hydrogen-bond donors (Lipinski definition) is 1. The number of halogens is 1. The molecular formula is C13H17ClN6O3. The van der Waals surface area contributed by atoms with E-state index in [2.05, 4.69) is 15.5 Å². The number of nitro groups is 1. The number of aromatic nitrogens is 4. The lowest BCUT2D eigenvalue weighted by molar-refractivity contribution is -0.389. The zero-order valence-corrected chi connectivity index (χ0v) is 13.5. The van der Waals surface area contributed by atoms with Crippen LogP contribution in [0.15, 0.2) is 18.5 Å². The van der Waals surface area contributed by atoms with E-state index >= 15 is 0 Å². The Morgan fingerprint density at radius 2 is 2.30 bits per heavy atom. The van der Waals surface area contributed by atoms with Gasteiger partial charge in [-0.25, -0.2) is 0 Å². The smallest absolute Gasteiger partial charge is 0.358 e. The maximum atomic E-state index is 12.3. The van der Waals surface area contributed by atoms with Gasteiger partial charge in [-0.05, 0) is 18.3 Å². The Morgan fingerprint density at radius 1 is 1.57 bits per heavy atom. The Labute approximate surface area is 137 Å². The summed E-state index contributed by atoms with van der Waals surface area (Å²) in [4.78, 5) is 22.5. The normalized spacial score (nSPS) is 12.1. The highest BCUT2D eigenvalue weighted by Gasteiger charge is 2.26. The molecule has 9 nitrogen and oxygen atoms in total. The summed E-state index contributed by atoms with van der Waals surface area (Å²) in [7, 11) is 0. The van der Waals surface area contributed by atoms with Gasteiger partial charge in [-0.1, -0.05) is 18.5 Å². The highest BCUT2D eigenvalue weighted by Crippen LogP contribution is 2.18. The molecule has 1 amide bonds. The van der Waals surface area contributed by atoms with Crippen LogP contribution in [0.5, 0.6) is 0 Å². The van der Waals surface area contributed by atoms with Gasteiger partial charge in [0.1, 0.15) is 0 Å². The molecule has 1 atom stereocenters. The molecule has 2 heterocycles. The number of nitrogens with zero attached hydrogens (tertiary/aromatic N) is 5. The fraction of sp³-hybridized carbons (Fsp3) is 0.462. The van der Waals surface area contributed by atoms with E-state index in [9.17, 15) is 14.9 Å². The van der Waals surface area contributed by atoms with Gasteiger partial charge in [0.25, 0.3) is 0 Å². The van der Waals surface area contributed by atoms with Gasteiger partial charge >= 0.3 is 5.82 Å². The fourth-order valence-electron chi connectivity index (χ4n) is 2.22. The SMILES string of the molecule is CCC(C(=O)NCCn1cc(Cl)cn1)n1nc([N+](=O)[O-])cc1C. The molecule has 0 aromatic carbocycles. The standard InChI is InChI=1S/C13H17ClN6O3/c1-3-11(19-9(2)6-12(17-19)20(22)23)13(21)15-4-5-18-8-10(14)7-16-18/h6-8,11H,3-5H2,1-2H3,(H,15,21). The Hall–Kier alpha value is -2.42. The molecule has 0 radical (unpaired) electrons. The van der Waals surface area contributed by atoms with Gasteiger partial charge in [0, 0.05) is 12.7 Å². The first-order chi connectivity index (χ1) is 10.9. The van der Waals surface area contributed by atoms with Gasteiger partial charge in [-0.3, -0.25) is 9.48 Å². The highest BCUT2D eigenvalue weighted by atomic mass is 35.5. The number of hydrogen-bond acceptors (Lipinski definition) is 5. The third-order valence-corrected chi connectivity index (χ3v) is 3.52. The monoisotopic (exact) mass is 340 g/mol. The van der Waals surface area contributed by atoms with Gasteiger partial charge in [0.05, 0.1) is 34.6 Å². The van der Waals surface area contributed by atoms with E-state index in [-0.39, 0.29) is 11.7 Å². The molecule has 0 aliphatic carbocycles.